The zero-order chi connectivity index (χ0) is 35.9. The summed E-state index contributed by atoms with van der Waals surface area (Å²) in [5.41, 5.74) is 4.77. The first kappa shape index (κ1) is 34.9. The Kier molecular flexibility index (Phi) is 10.6. The summed E-state index contributed by atoms with van der Waals surface area (Å²) >= 11 is 1.62. The summed E-state index contributed by atoms with van der Waals surface area (Å²) in [4.78, 5) is 30.2. The zero-order valence-electron chi connectivity index (χ0n) is 28.1. The number of nitrogens with zero attached hydrogens (tertiary/aromatic N) is 6. The van der Waals surface area contributed by atoms with Gasteiger partial charge in [0, 0.05) is 78.8 Å². The van der Waals surface area contributed by atoms with Gasteiger partial charge in [-0.25, -0.2) is 18.4 Å². The number of rotatable bonds is 13. The minimum Gasteiger partial charge on any atom is -0.379 e. The molecule has 6 aromatic rings. The molecule has 4 aromatic carbocycles. The van der Waals surface area contributed by atoms with Crippen molar-refractivity contribution in [1.82, 2.24) is 19.9 Å². The third-order valence-corrected chi connectivity index (χ3v) is 11.2. The second-order valence-corrected chi connectivity index (χ2v) is 15.0. The lowest BCUT2D eigenvalue weighted by molar-refractivity contribution is -0.384. The molecule has 264 valence electrons. The molecule has 1 aliphatic rings. The van der Waals surface area contributed by atoms with Crippen molar-refractivity contribution in [2.24, 2.45) is 0 Å². The Hall–Kier alpha value is -5.57. The van der Waals surface area contributed by atoms with Crippen LogP contribution in [0.2, 0.25) is 0 Å². The summed E-state index contributed by atoms with van der Waals surface area (Å²) in [6.07, 6.45) is 3.14. The van der Waals surface area contributed by atoms with Gasteiger partial charge in [-0.15, -0.1) is 11.8 Å². The van der Waals surface area contributed by atoms with Gasteiger partial charge in [-0.2, -0.15) is 0 Å². The van der Waals surface area contributed by atoms with Crippen molar-refractivity contribution in [2.45, 2.75) is 16.3 Å². The second kappa shape index (κ2) is 15.8. The van der Waals surface area contributed by atoms with Gasteiger partial charge in [-0.05, 0) is 54.1 Å². The van der Waals surface area contributed by atoms with E-state index in [2.05, 4.69) is 53.0 Å². The van der Waals surface area contributed by atoms with E-state index in [9.17, 15) is 18.5 Å². The smallest absolute Gasteiger partial charge is 0.293 e. The highest BCUT2D eigenvalue weighted by atomic mass is 32.2. The molecule has 0 amide bonds. The van der Waals surface area contributed by atoms with Gasteiger partial charge in [-0.1, -0.05) is 54.6 Å². The maximum atomic E-state index is 13.5. The number of hydrogen-bond donors (Lipinski definition) is 2. The maximum absolute atomic E-state index is 13.5. The Balaban J connectivity index is 1.00. The van der Waals surface area contributed by atoms with Crippen LogP contribution in [0.3, 0.4) is 0 Å². The predicted molar refractivity (Wildman–Crippen MR) is 206 cm³/mol. The highest BCUT2D eigenvalue weighted by Crippen LogP contribution is 2.31. The van der Waals surface area contributed by atoms with Gasteiger partial charge >= 0.3 is 0 Å². The average Bonchev–Trinajstić information content (AvgIpc) is 3.17. The normalized spacial score (nSPS) is 13.6. The Bertz CT molecular complexity index is 2290. The summed E-state index contributed by atoms with van der Waals surface area (Å²) in [5, 5.41) is 15.5. The molecule has 1 aliphatic heterocycles. The van der Waals surface area contributed by atoms with Crippen molar-refractivity contribution < 1.29 is 13.3 Å². The number of fused-ring (bicyclic) bond motifs is 1. The van der Waals surface area contributed by atoms with Gasteiger partial charge in [0.05, 0.1) is 21.0 Å². The van der Waals surface area contributed by atoms with Crippen LogP contribution in [-0.2, 0) is 16.6 Å². The summed E-state index contributed by atoms with van der Waals surface area (Å²) in [6, 6.07) is 33.7. The first-order chi connectivity index (χ1) is 25.3. The molecule has 52 heavy (non-hydrogen) atoms. The van der Waals surface area contributed by atoms with Crippen molar-refractivity contribution in [1.29, 1.82) is 0 Å². The molecule has 1 fully saturated rings. The quantitative estimate of drug-likeness (QED) is 0.0552. The predicted octanol–water partition coefficient (Wildman–Crippen LogP) is 6.93. The number of benzene rings is 4. The molecule has 0 radical (unpaired) electrons. The van der Waals surface area contributed by atoms with E-state index in [1.165, 1.54) is 24.0 Å². The maximum Gasteiger partial charge on any atom is 0.293 e. The standard InChI is InChI=1S/C38H36N8O4S2/c47-46(48)36-25-32(14-16-34(36)39-18-23-51-31-11-5-2-6-12-31)52(49,50)43-38-33-15-13-30(24-35(33)41-27-42-38)45-21-19-44(20-22-45)26-29-10-7-17-40-37(29)28-8-3-1-4-9-28/h1-17,24-25,27,39H,18-23,26H2,(H,41,42,43). The molecular formula is C38H36N8O4S2. The number of anilines is 3. The summed E-state index contributed by atoms with van der Waals surface area (Å²) < 4.78 is 29.5. The van der Waals surface area contributed by atoms with Gasteiger partial charge in [0.1, 0.15) is 12.0 Å². The van der Waals surface area contributed by atoms with E-state index in [0.717, 1.165) is 60.6 Å². The third kappa shape index (κ3) is 8.15. The molecule has 0 spiro atoms. The molecule has 0 atom stereocenters. The molecule has 0 bridgehead atoms. The minimum atomic E-state index is -4.22. The van der Waals surface area contributed by atoms with Gasteiger partial charge in [0.15, 0.2) is 5.82 Å². The van der Waals surface area contributed by atoms with E-state index >= 15 is 0 Å². The Morgan fingerprint density at radius 1 is 0.827 bits per heavy atom. The number of nitro groups is 1. The number of nitro benzene ring substituents is 1. The number of pyridine rings is 1. The van der Waals surface area contributed by atoms with E-state index in [1.54, 1.807) is 17.8 Å². The Morgan fingerprint density at radius 2 is 1.60 bits per heavy atom. The fourth-order valence-electron chi connectivity index (χ4n) is 6.19. The van der Waals surface area contributed by atoms with Gasteiger partial charge in [-0.3, -0.25) is 24.7 Å². The average molecular weight is 733 g/mol. The molecular weight excluding hydrogens is 697 g/mol. The lowest BCUT2D eigenvalue weighted by Crippen LogP contribution is -2.46. The molecule has 14 heteroatoms. The Labute approximate surface area is 306 Å². The van der Waals surface area contributed by atoms with Gasteiger partial charge in [0.2, 0.25) is 0 Å². The fourth-order valence-corrected chi connectivity index (χ4v) is 8.03. The van der Waals surface area contributed by atoms with E-state index in [4.69, 9.17) is 0 Å². The van der Waals surface area contributed by atoms with Crippen molar-refractivity contribution in [3.05, 3.63) is 137 Å². The van der Waals surface area contributed by atoms with Crippen LogP contribution in [0.4, 0.5) is 22.9 Å². The highest BCUT2D eigenvalue weighted by molar-refractivity contribution is 7.99. The summed E-state index contributed by atoms with van der Waals surface area (Å²) in [6.45, 7) is 4.61. The monoisotopic (exact) mass is 732 g/mol. The van der Waals surface area contributed by atoms with Crippen LogP contribution in [0.1, 0.15) is 5.56 Å². The van der Waals surface area contributed by atoms with Gasteiger partial charge in [0.25, 0.3) is 15.7 Å². The molecule has 3 heterocycles. The summed E-state index contributed by atoms with van der Waals surface area (Å²) in [7, 11) is -4.22. The molecule has 2 N–H and O–H groups in total. The number of aromatic nitrogens is 3. The van der Waals surface area contributed by atoms with Crippen molar-refractivity contribution in [2.75, 3.05) is 53.4 Å². The Morgan fingerprint density at radius 3 is 2.37 bits per heavy atom. The van der Waals surface area contributed by atoms with E-state index in [0.29, 0.717) is 23.2 Å². The first-order valence-electron chi connectivity index (χ1n) is 16.8. The lowest BCUT2D eigenvalue weighted by Gasteiger charge is -2.36. The number of piperazine rings is 1. The third-order valence-electron chi connectivity index (χ3n) is 8.83. The molecule has 12 nitrogen and oxygen atoms in total. The number of hydrogen-bond acceptors (Lipinski definition) is 11. The minimum absolute atomic E-state index is 0.0925. The number of sulfonamides is 1. The van der Waals surface area contributed by atoms with Crippen molar-refractivity contribution >= 4 is 55.6 Å². The molecule has 0 aliphatic carbocycles. The summed E-state index contributed by atoms with van der Waals surface area (Å²) in [5.74, 6) is 0.763. The van der Waals surface area contributed by atoms with E-state index < -0.39 is 14.9 Å². The first-order valence-corrected chi connectivity index (χ1v) is 19.3. The zero-order valence-corrected chi connectivity index (χ0v) is 29.8. The van der Waals surface area contributed by atoms with Gasteiger partial charge < -0.3 is 10.2 Å². The van der Waals surface area contributed by atoms with Crippen LogP contribution >= 0.6 is 11.8 Å². The van der Waals surface area contributed by atoms with Crippen LogP contribution in [0.25, 0.3) is 22.2 Å². The molecule has 0 unspecified atom stereocenters. The van der Waals surface area contributed by atoms with Crippen LogP contribution in [0.15, 0.2) is 132 Å². The molecule has 2 aromatic heterocycles. The van der Waals surface area contributed by atoms with Crippen molar-refractivity contribution in [3.63, 3.8) is 0 Å². The molecule has 0 saturated carbocycles. The lowest BCUT2D eigenvalue weighted by atomic mass is 10.1. The largest absolute Gasteiger partial charge is 0.379 e. The van der Waals surface area contributed by atoms with Crippen LogP contribution in [0, 0.1) is 10.1 Å². The number of nitrogens with one attached hydrogen (secondary N) is 2. The van der Waals surface area contributed by atoms with E-state index in [1.807, 2.05) is 72.9 Å². The van der Waals surface area contributed by atoms with Crippen LogP contribution in [-0.4, -0.2) is 71.7 Å². The van der Waals surface area contributed by atoms with Crippen LogP contribution in [0.5, 0.6) is 0 Å². The highest BCUT2D eigenvalue weighted by Gasteiger charge is 2.24. The van der Waals surface area contributed by atoms with Crippen LogP contribution < -0.4 is 14.9 Å². The molecule has 1 saturated heterocycles. The molecule has 7 rings (SSSR count). The fraction of sp³-hybridized carbons (Fsp3) is 0.184. The number of thioether (sulfide) groups is 1. The second-order valence-electron chi connectivity index (χ2n) is 12.2. The van der Waals surface area contributed by atoms with E-state index in [-0.39, 0.29) is 22.1 Å². The SMILES string of the molecule is O=[N+]([O-])c1cc(S(=O)(=O)Nc2ncnc3cc(N4CCN(Cc5cccnc5-c5ccccc5)CC4)ccc23)ccc1NCCSc1ccccc1. The topological polar surface area (TPSA) is 146 Å². The van der Waals surface area contributed by atoms with Crippen molar-refractivity contribution in [3.8, 4) is 11.3 Å².